The number of carboxylic acid groups (broad SMARTS) is 1. The SMILES string of the molecule is O=C(O)CSc1ncc(Br)c2ccsc12. The van der Waals surface area contributed by atoms with Crippen molar-refractivity contribution in [2.75, 3.05) is 5.75 Å². The predicted octanol–water partition coefficient (Wildman–Crippen LogP) is 3.24. The van der Waals surface area contributed by atoms with Crippen LogP contribution in [0.5, 0.6) is 0 Å². The van der Waals surface area contributed by atoms with E-state index in [-0.39, 0.29) is 5.75 Å². The summed E-state index contributed by atoms with van der Waals surface area (Å²) in [5, 5.41) is 12.4. The fraction of sp³-hybridized carbons (Fsp3) is 0.111. The predicted molar refractivity (Wildman–Crippen MR) is 65.7 cm³/mol. The highest BCUT2D eigenvalue weighted by molar-refractivity contribution is 9.10. The van der Waals surface area contributed by atoms with Gasteiger partial charge in [0.05, 0.1) is 10.5 Å². The van der Waals surface area contributed by atoms with Crippen molar-refractivity contribution in [2.24, 2.45) is 0 Å². The minimum absolute atomic E-state index is 0.0433. The summed E-state index contributed by atoms with van der Waals surface area (Å²) in [7, 11) is 0. The van der Waals surface area contributed by atoms with Crippen LogP contribution in [-0.2, 0) is 4.79 Å². The Kier molecular flexibility index (Phi) is 3.28. The maximum atomic E-state index is 10.5. The van der Waals surface area contributed by atoms with Gasteiger partial charge in [-0.3, -0.25) is 4.79 Å². The smallest absolute Gasteiger partial charge is 0.313 e. The normalized spacial score (nSPS) is 10.7. The molecule has 78 valence electrons. The van der Waals surface area contributed by atoms with Gasteiger partial charge >= 0.3 is 5.97 Å². The molecule has 6 heteroatoms. The van der Waals surface area contributed by atoms with E-state index in [1.54, 1.807) is 17.5 Å². The Bertz CT molecular complexity index is 512. The third kappa shape index (κ3) is 2.32. The van der Waals surface area contributed by atoms with Crippen molar-refractivity contribution < 1.29 is 9.90 Å². The van der Waals surface area contributed by atoms with Crippen LogP contribution in [0.1, 0.15) is 0 Å². The third-order valence-electron chi connectivity index (χ3n) is 1.74. The lowest BCUT2D eigenvalue weighted by Gasteiger charge is -2.00. The number of hydrogen-bond donors (Lipinski definition) is 1. The number of pyridine rings is 1. The van der Waals surface area contributed by atoms with Crippen LogP contribution < -0.4 is 0 Å². The number of rotatable bonds is 3. The van der Waals surface area contributed by atoms with Gasteiger partial charge in [-0.2, -0.15) is 0 Å². The third-order valence-corrected chi connectivity index (χ3v) is 4.40. The number of carboxylic acids is 1. The summed E-state index contributed by atoms with van der Waals surface area (Å²) >= 11 is 6.23. The Morgan fingerprint density at radius 3 is 3.20 bits per heavy atom. The van der Waals surface area contributed by atoms with Crippen molar-refractivity contribution in [1.82, 2.24) is 4.98 Å². The molecule has 0 amide bonds. The van der Waals surface area contributed by atoms with Gasteiger partial charge in [0.25, 0.3) is 0 Å². The van der Waals surface area contributed by atoms with Crippen LogP contribution in [0.25, 0.3) is 10.1 Å². The Morgan fingerprint density at radius 2 is 2.47 bits per heavy atom. The van der Waals surface area contributed by atoms with E-state index < -0.39 is 5.97 Å². The van der Waals surface area contributed by atoms with Gasteiger partial charge in [-0.05, 0) is 27.4 Å². The second kappa shape index (κ2) is 4.51. The van der Waals surface area contributed by atoms with Gasteiger partial charge in [0.2, 0.25) is 0 Å². The van der Waals surface area contributed by atoms with Gasteiger partial charge in [-0.15, -0.1) is 11.3 Å². The van der Waals surface area contributed by atoms with Crippen molar-refractivity contribution >= 4 is 55.1 Å². The minimum atomic E-state index is -0.825. The first-order valence-electron chi connectivity index (χ1n) is 4.05. The molecule has 15 heavy (non-hydrogen) atoms. The van der Waals surface area contributed by atoms with Crippen LogP contribution in [0.15, 0.2) is 27.1 Å². The standard InChI is InChI=1S/C9H6BrNO2S2/c10-6-3-11-9(15-4-7(12)13)8-5(6)1-2-14-8/h1-3H,4H2,(H,12,13). The quantitative estimate of drug-likeness (QED) is 0.885. The molecule has 0 aliphatic heterocycles. The van der Waals surface area contributed by atoms with Gasteiger partial charge in [-0.25, -0.2) is 4.98 Å². The zero-order chi connectivity index (χ0) is 10.8. The second-order valence-corrected chi connectivity index (χ2v) is 5.49. The molecular weight excluding hydrogens is 298 g/mol. The van der Waals surface area contributed by atoms with Crippen molar-refractivity contribution in [2.45, 2.75) is 5.03 Å². The molecule has 1 N–H and O–H groups in total. The molecule has 2 aromatic heterocycles. The molecule has 0 saturated heterocycles. The van der Waals surface area contributed by atoms with E-state index in [1.165, 1.54) is 11.8 Å². The first-order valence-corrected chi connectivity index (χ1v) is 6.70. The Balaban J connectivity index is 2.39. The lowest BCUT2D eigenvalue weighted by atomic mass is 10.3. The molecule has 2 heterocycles. The van der Waals surface area contributed by atoms with E-state index in [0.717, 1.165) is 19.6 Å². The molecule has 0 aromatic carbocycles. The molecule has 0 unspecified atom stereocenters. The number of nitrogens with zero attached hydrogens (tertiary/aromatic N) is 1. The fourth-order valence-electron chi connectivity index (χ4n) is 1.14. The van der Waals surface area contributed by atoms with Crippen molar-refractivity contribution in [3.63, 3.8) is 0 Å². The number of thioether (sulfide) groups is 1. The average molecular weight is 304 g/mol. The van der Waals surface area contributed by atoms with Crippen LogP contribution in [-0.4, -0.2) is 21.8 Å². The van der Waals surface area contributed by atoms with E-state index in [9.17, 15) is 4.79 Å². The Hall–Kier alpha value is -0.590. The molecule has 0 bridgehead atoms. The van der Waals surface area contributed by atoms with Crippen molar-refractivity contribution in [3.8, 4) is 0 Å². The van der Waals surface area contributed by atoms with Crippen LogP contribution in [0.2, 0.25) is 0 Å². The summed E-state index contributed by atoms with van der Waals surface area (Å²) in [6.45, 7) is 0. The van der Waals surface area contributed by atoms with Gasteiger partial charge in [-0.1, -0.05) is 11.8 Å². The zero-order valence-corrected chi connectivity index (χ0v) is 10.7. The Morgan fingerprint density at radius 1 is 1.67 bits per heavy atom. The van der Waals surface area contributed by atoms with Crippen LogP contribution in [0, 0.1) is 0 Å². The molecule has 0 aliphatic carbocycles. The summed E-state index contributed by atoms with van der Waals surface area (Å²) in [6, 6.07) is 2.00. The summed E-state index contributed by atoms with van der Waals surface area (Å²) in [4.78, 5) is 14.7. The number of hydrogen-bond acceptors (Lipinski definition) is 4. The van der Waals surface area contributed by atoms with Crippen molar-refractivity contribution in [3.05, 3.63) is 22.1 Å². The first kappa shape index (κ1) is 10.9. The lowest BCUT2D eigenvalue weighted by Crippen LogP contribution is -1.98. The van der Waals surface area contributed by atoms with E-state index >= 15 is 0 Å². The van der Waals surface area contributed by atoms with E-state index in [1.807, 2.05) is 11.4 Å². The van der Waals surface area contributed by atoms with Gasteiger partial charge in [0, 0.05) is 16.1 Å². The van der Waals surface area contributed by atoms with Crippen LogP contribution >= 0.6 is 39.0 Å². The molecule has 2 aromatic rings. The number of aromatic nitrogens is 1. The molecule has 0 atom stereocenters. The van der Waals surface area contributed by atoms with Crippen LogP contribution in [0.3, 0.4) is 0 Å². The summed E-state index contributed by atoms with van der Waals surface area (Å²) < 4.78 is 1.98. The molecule has 2 rings (SSSR count). The fourth-order valence-corrected chi connectivity index (χ4v) is 3.45. The van der Waals surface area contributed by atoms with Crippen molar-refractivity contribution in [1.29, 1.82) is 0 Å². The van der Waals surface area contributed by atoms with Crippen LogP contribution in [0.4, 0.5) is 0 Å². The number of fused-ring (bicyclic) bond motifs is 1. The molecule has 3 nitrogen and oxygen atoms in total. The number of thiophene rings is 1. The lowest BCUT2D eigenvalue weighted by molar-refractivity contribution is -0.133. The summed E-state index contributed by atoms with van der Waals surface area (Å²) in [5.41, 5.74) is 0. The minimum Gasteiger partial charge on any atom is -0.481 e. The van der Waals surface area contributed by atoms with E-state index in [2.05, 4.69) is 20.9 Å². The molecule has 0 fully saturated rings. The van der Waals surface area contributed by atoms with E-state index in [0.29, 0.717) is 0 Å². The highest BCUT2D eigenvalue weighted by Gasteiger charge is 2.09. The first-order chi connectivity index (χ1) is 7.18. The maximum absolute atomic E-state index is 10.5. The second-order valence-electron chi connectivity index (χ2n) is 2.76. The molecule has 0 aliphatic rings. The highest BCUT2D eigenvalue weighted by Crippen LogP contribution is 2.34. The van der Waals surface area contributed by atoms with E-state index in [4.69, 9.17) is 5.11 Å². The van der Waals surface area contributed by atoms with Gasteiger partial charge in [0.1, 0.15) is 5.03 Å². The van der Waals surface area contributed by atoms with Gasteiger partial charge < -0.3 is 5.11 Å². The number of aliphatic carboxylic acids is 1. The number of halogens is 1. The average Bonchev–Trinajstić information content (AvgIpc) is 2.66. The monoisotopic (exact) mass is 303 g/mol. The molecular formula is C9H6BrNO2S2. The van der Waals surface area contributed by atoms with Gasteiger partial charge in [0.15, 0.2) is 0 Å². The molecule has 0 radical (unpaired) electrons. The Labute approximate surface area is 103 Å². The topological polar surface area (TPSA) is 50.2 Å². The summed E-state index contributed by atoms with van der Waals surface area (Å²) in [5.74, 6) is -0.781. The maximum Gasteiger partial charge on any atom is 0.313 e. The molecule has 0 spiro atoms. The number of carbonyl (C=O) groups is 1. The zero-order valence-electron chi connectivity index (χ0n) is 7.44. The molecule has 0 saturated carbocycles. The highest BCUT2D eigenvalue weighted by atomic mass is 79.9. The largest absolute Gasteiger partial charge is 0.481 e. The summed E-state index contributed by atoms with van der Waals surface area (Å²) in [6.07, 6.45) is 1.71.